The van der Waals surface area contributed by atoms with Gasteiger partial charge in [0.05, 0.1) is 20.5 Å². The van der Waals surface area contributed by atoms with Gasteiger partial charge in [0.1, 0.15) is 11.5 Å². The zero-order valence-electron chi connectivity index (χ0n) is 12.4. The molecule has 0 aliphatic heterocycles. The molecule has 0 aliphatic rings. The normalized spacial score (nSPS) is 11.2. The van der Waals surface area contributed by atoms with Crippen LogP contribution in [0.25, 0.3) is 23.1 Å². The van der Waals surface area contributed by atoms with Gasteiger partial charge in [-0.25, -0.2) is 0 Å². The summed E-state index contributed by atoms with van der Waals surface area (Å²) in [6, 6.07) is 11.1. The van der Waals surface area contributed by atoms with Crippen molar-refractivity contribution in [2.24, 2.45) is 0 Å². The van der Waals surface area contributed by atoms with Crippen LogP contribution >= 0.6 is 0 Å². The largest absolute Gasteiger partial charge is 0.504 e. The Morgan fingerprint density at radius 3 is 2.18 bits per heavy atom. The molecule has 3 aromatic rings. The van der Waals surface area contributed by atoms with Crippen molar-refractivity contribution in [3.05, 3.63) is 53.8 Å². The first kappa shape index (κ1) is 14.1. The van der Waals surface area contributed by atoms with Gasteiger partial charge in [-0.3, -0.25) is 0 Å². The lowest BCUT2D eigenvalue weighted by molar-refractivity contribution is 0.394. The number of phenols is 1. The van der Waals surface area contributed by atoms with E-state index in [0.29, 0.717) is 5.58 Å². The van der Waals surface area contributed by atoms with E-state index >= 15 is 0 Å². The van der Waals surface area contributed by atoms with Crippen molar-refractivity contribution in [3.8, 4) is 17.2 Å². The average molecular weight is 296 g/mol. The molecule has 3 rings (SSSR count). The molecule has 0 spiro atoms. The minimum atomic E-state index is 0.130. The second kappa shape index (κ2) is 5.85. The van der Waals surface area contributed by atoms with E-state index < -0.39 is 0 Å². The van der Waals surface area contributed by atoms with Crippen LogP contribution in [0.1, 0.15) is 11.1 Å². The first-order chi connectivity index (χ1) is 10.7. The summed E-state index contributed by atoms with van der Waals surface area (Å²) in [4.78, 5) is 0. The van der Waals surface area contributed by atoms with Gasteiger partial charge in [-0.15, -0.1) is 0 Å². The van der Waals surface area contributed by atoms with Crippen molar-refractivity contribution < 1.29 is 19.0 Å². The van der Waals surface area contributed by atoms with E-state index in [1.54, 1.807) is 26.5 Å². The van der Waals surface area contributed by atoms with E-state index in [2.05, 4.69) is 0 Å². The summed E-state index contributed by atoms with van der Waals surface area (Å²) in [6.07, 6.45) is 5.41. The predicted octanol–water partition coefficient (Wildman–Crippen LogP) is 4.33. The zero-order chi connectivity index (χ0) is 15.5. The molecule has 4 heteroatoms. The molecule has 0 saturated carbocycles. The van der Waals surface area contributed by atoms with Gasteiger partial charge in [0.15, 0.2) is 11.3 Å². The van der Waals surface area contributed by atoms with Crippen LogP contribution in [0.2, 0.25) is 0 Å². The number of aromatic hydroxyl groups is 1. The van der Waals surface area contributed by atoms with E-state index in [1.165, 1.54) is 0 Å². The number of furan rings is 1. The van der Waals surface area contributed by atoms with Crippen molar-refractivity contribution >= 4 is 23.1 Å². The molecule has 1 aromatic heterocycles. The average Bonchev–Trinajstić information content (AvgIpc) is 3.01. The Bertz CT molecular complexity index is 808. The third-order valence-corrected chi connectivity index (χ3v) is 3.40. The monoisotopic (exact) mass is 296 g/mol. The van der Waals surface area contributed by atoms with E-state index in [0.717, 1.165) is 28.0 Å². The summed E-state index contributed by atoms with van der Waals surface area (Å²) < 4.78 is 15.7. The SMILES string of the molecule is COc1cc(C=Cc2cc(O)c3occc3c2)cc(OC)c1. The van der Waals surface area contributed by atoms with Crippen molar-refractivity contribution in [1.82, 2.24) is 0 Å². The number of hydrogen-bond acceptors (Lipinski definition) is 4. The quantitative estimate of drug-likeness (QED) is 0.728. The Hall–Kier alpha value is -2.88. The Morgan fingerprint density at radius 2 is 1.55 bits per heavy atom. The molecule has 1 heterocycles. The lowest BCUT2D eigenvalue weighted by Crippen LogP contribution is -1.88. The minimum absolute atomic E-state index is 0.130. The number of fused-ring (bicyclic) bond motifs is 1. The Labute approximate surface area is 128 Å². The van der Waals surface area contributed by atoms with Gasteiger partial charge >= 0.3 is 0 Å². The van der Waals surface area contributed by atoms with E-state index in [9.17, 15) is 5.11 Å². The Kier molecular flexibility index (Phi) is 3.74. The summed E-state index contributed by atoms with van der Waals surface area (Å²) in [5.41, 5.74) is 2.33. The second-order valence-electron chi connectivity index (χ2n) is 4.86. The van der Waals surface area contributed by atoms with E-state index in [4.69, 9.17) is 13.9 Å². The lowest BCUT2D eigenvalue weighted by Gasteiger charge is -2.05. The predicted molar refractivity (Wildman–Crippen MR) is 86.4 cm³/mol. The van der Waals surface area contributed by atoms with Crippen molar-refractivity contribution in [3.63, 3.8) is 0 Å². The maximum atomic E-state index is 9.93. The molecule has 0 saturated heterocycles. The van der Waals surface area contributed by atoms with Crippen LogP contribution < -0.4 is 9.47 Å². The summed E-state index contributed by atoms with van der Waals surface area (Å²) in [6.45, 7) is 0. The molecule has 0 aliphatic carbocycles. The fourth-order valence-electron chi connectivity index (χ4n) is 2.30. The molecule has 0 unspecified atom stereocenters. The smallest absolute Gasteiger partial charge is 0.175 e. The fourth-order valence-corrected chi connectivity index (χ4v) is 2.30. The molecule has 0 amide bonds. The van der Waals surface area contributed by atoms with E-state index in [1.807, 2.05) is 42.5 Å². The van der Waals surface area contributed by atoms with Gasteiger partial charge in [0, 0.05) is 11.5 Å². The Balaban J connectivity index is 1.95. The van der Waals surface area contributed by atoms with Crippen LogP contribution in [0, 0.1) is 0 Å². The molecule has 4 nitrogen and oxygen atoms in total. The summed E-state index contributed by atoms with van der Waals surface area (Å²) in [7, 11) is 3.24. The van der Waals surface area contributed by atoms with Crippen molar-refractivity contribution in [1.29, 1.82) is 0 Å². The third-order valence-electron chi connectivity index (χ3n) is 3.40. The van der Waals surface area contributed by atoms with Gasteiger partial charge < -0.3 is 19.0 Å². The maximum Gasteiger partial charge on any atom is 0.175 e. The molecular weight excluding hydrogens is 280 g/mol. The highest BCUT2D eigenvalue weighted by Gasteiger charge is 2.04. The highest BCUT2D eigenvalue weighted by Crippen LogP contribution is 2.29. The molecule has 1 N–H and O–H groups in total. The molecule has 2 aromatic carbocycles. The van der Waals surface area contributed by atoms with Crippen molar-refractivity contribution in [2.45, 2.75) is 0 Å². The standard InChI is InChI=1S/C18H16O4/c1-20-15-8-13(9-16(11-15)21-2)4-3-12-7-14-5-6-22-18(14)17(19)10-12/h3-11,19H,1-2H3. The summed E-state index contributed by atoms with van der Waals surface area (Å²) in [5, 5.41) is 10.8. The highest BCUT2D eigenvalue weighted by molar-refractivity contribution is 5.87. The van der Waals surface area contributed by atoms with Crippen LogP contribution in [-0.4, -0.2) is 19.3 Å². The van der Waals surface area contributed by atoms with Gasteiger partial charge in [0.2, 0.25) is 0 Å². The molecule has 0 bridgehead atoms. The zero-order valence-corrected chi connectivity index (χ0v) is 12.4. The second-order valence-corrected chi connectivity index (χ2v) is 4.86. The lowest BCUT2D eigenvalue weighted by atomic mass is 10.1. The van der Waals surface area contributed by atoms with Gasteiger partial charge in [-0.1, -0.05) is 12.2 Å². The molecule has 112 valence electrons. The van der Waals surface area contributed by atoms with Crippen LogP contribution in [0.3, 0.4) is 0 Å². The molecule has 22 heavy (non-hydrogen) atoms. The summed E-state index contributed by atoms with van der Waals surface area (Å²) in [5.74, 6) is 1.59. The van der Waals surface area contributed by atoms with Crippen LogP contribution in [-0.2, 0) is 0 Å². The minimum Gasteiger partial charge on any atom is -0.504 e. The highest BCUT2D eigenvalue weighted by atomic mass is 16.5. The number of methoxy groups -OCH3 is 2. The number of benzene rings is 2. The third kappa shape index (κ3) is 2.76. The van der Waals surface area contributed by atoms with Gasteiger partial charge in [0.25, 0.3) is 0 Å². The number of hydrogen-bond donors (Lipinski definition) is 1. The fraction of sp³-hybridized carbons (Fsp3) is 0.111. The van der Waals surface area contributed by atoms with Gasteiger partial charge in [-0.2, -0.15) is 0 Å². The van der Waals surface area contributed by atoms with Crippen molar-refractivity contribution in [2.75, 3.05) is 14.2 Å². The molecule has 0 atom stereocenters. The molecule has 0 radical (unpaired) electrons. The summed E-state index contributed by atoms with van der Waals surface area (Å²) >= 11 is 0. The number of ether oxygens (including phenoxy) is 2. The number of phenolic OH excluding ortho intramolecular Hbond substituents is 1. The maximum absolute atomic E-state index is 9.93. The Morgan fingerprint density at radius 1 is 0.909 bits per heavy atom. The molecular formula is C18H16O4. The van der Waals surface area contributed by atoms with Crippen LogP contribution in [0.5, 0.6) is 17.2 Å². The number of rotatable bonds is 4. The molecule has 0 fully saturated rings. The first-order valence-corrected chi connectivity index (χ1v) is 6.81. The van der Waals surface area contributed by atoms with E-state index in [-0.39, 0.29) is 5.75 Å². The van der Waals surface area contributed by atoms with Crippen LogP contribution in [0.15, 0.2) is 47.1 Å². The van der Waals surface area contributed by atoms with Gasteiger partial charge in [-0.05, 0) is 41.5 Å². The van der Waals surface area contributed by atoms with Crippen LogP contribution in [0.4, 0.5) is 0 Å². The first-order valence-electron chi connectivity index (χ1n) is 6.81. The topological polar surface area (TPSA) is 51.8 Å².